The number of esters is 1. The van der Waals surface area contributed by atoms with E-state index in [2.05, 4.69) is 5.32 Å². The molecule has 1 aliphatic rings. The van der Waals surface area contributed by atoms with E-state index in [1.807, 2.05) is 12.1 Å². The van der Waals surface area contributed by atoms with Crippen molar-refractivity contribution in [3.05, 3.63) is 77.4 Å². The molecule has 156 valence electrons. The minimum absolute atomic E-state index is 0.0818. The van der Waals surface area contributed by atoms with Gasteiger partial charge in [0.15, 0.2) is 0 Å². The number of anilines is 1. The van der Waals surface area contributed by atoms with Gasteiger partial charge in [-0.2, -0.15) is 0 Å². The molecule has 0 aliphatic carbocycles. The average Bonchev–Trinajstić information content (AvgIpc) is 2.79. The molecular formula is C24H20N2O5. The number of hydrogen-bond acceptors (Lipinski definition) is 5. The van der Waals surface area contributed by atoms with E-state index in [1.165, 1.54) is 12.0 Å². The summed E-state index contributed by atoms with van der Waals surface area (Å²) in [7, 11) is 1.27. The highest BCUT2D eigenvalue weighted by atomic mass is 16.5. The maximum atomic E-state index is 12.9. The van der Waals surface area contributed by atoms with Crippen LogP contribution in [0.5, 0.6) is 0 Å². The molecule has 4 rings (SSSR count). The number of carbonyl (C=O) groups excluding carboxylic acids is 4. The molecule has 0 atom stereocenters. The second-order valence-electron chi connectivity index (χ2n) is 7.16. The van der Waals surface area contributed by atoms with Crippen molar-refractivity contribution in [1.29, 1.82) is 0 Å². The molecule has 31 heavy (non-hydrogen) atoms. The van der Waals surface area contributed by atoms with Crippen molar-refractivity contribution in [2.45, 2.75) is 12.8 Å². The molecule has 0 radical (unpaired) electrons. The van der Waals surface area contributed by atoms with Crippen LogP contribution in [0.15, 0.2) is 60.7 Å². The molecule has 0 aromatic heterocycles. The highest BCUT2D eigenvalue weighted by molar-refractivity contribution is 6.25. The molecule has 0 saturated carbocycles. The Morgan fingerprint density at radius 3 is 2.19 bits per heavy atom. The van der Waals surface area contributed by atoms with Crippen LogP contribution in [0.1, 0.15) is 43.9 Å². The Morgan fingerprint density at radius 1 is 0.903 bits per heavy atom. The van der Waals surface area contributed by atoms with Gasteiger partial charge in [0, 0.05) is 29.5 Å². The summed E-state index contributed by atoms with van der Waals surface area (Å²) in [5.41, 5.74) is 1.59. The molecule has 0 fully saturated rings. The maximum Gasteiger partial charge on any atom is 0.339 e. The van der Waals surface area contributed by atoms with Gasteiger partial charge in [-0.1, -0.05) is 36.4 Å². The molecule has 0 unspecified atom stereocenters. The van der Waals surface area contributed by atoms with Crippen LogP contribution in [0.25, 0.3) is 10.8 Å². The lowest BCUT2D eigenvalue weighted by atomic mass is 9.94. The first-order valence-electron chi connectivity index (χ1n) is 9.86. The Labute approximate surface area is 178 Å². The van der Waals surface area contributed by atoms with E-state index in [-0.39, 0.29) is 36.3 Å². The Balaban J connectivity index is 1.43. The van der Waals surface area contributed by atoms with Crippen molar-refractivity contribution >= 4 is 40.2 Å². The fourth-order valence-corrected chi connectivity index (χ4v) is 3.77. The normalized spacial score (nSPS) is 12.7. The van der Waals surface area contributed by atoms with Crippen molar-refractivity contribution < 1.29 is 23.9 Å². The number of benzene rings is 3. The van der Waals surface area contributed by atoms with Crippen LogP contribution in [0.4, 0.5) is 5.69 Å². The van der Waals surface area contributed by atoms with Gasteiger partial charge in [0.05, 0.1) is 18.4 Å². The van der Waals surface area contributed by atoms with Crippen LogP contribution in [-0.2, 0) is 9.53 Å². The molecule has 0 spiro atoms. The summed E-state index contributed by atoms with van der Waals surface area (Å²) >= 11 is 0. The van der Waals surface area contributed by atoms with Crippen LogP contribution in [0.2, 0.25) is 0 Å². The van der Waals surface area contributed by atoms with Gasteiger partial charge in [-0.15, -0.1) is 0 Å². The smallest absolute Gasteiger partial charge is 0.339 e. The minimum atomic E-state index is -0.548. The van der Waals surface area contributed by atoms with Gasteiger partial charge in [0.25, 0.3) is 11.8 Å². The Hall–Kier alpha value is -4.00. The first-order valence-corrected chi connectivity index (χ1v) is 9.86. The predicted molar refractivity (Wildman–Crippen MR) is 115 cm³/mol. The van der Waals surface area contributed by atoms with Crippen LogP contribution < -0.4 is 5.32 Å². The summed E-state index contributed by atoms with van der Waals surface area (Å²) in [6.07, 6.45) is 0.375. The molecule has 0 bridgehead atoms. The number of rotatable bonds is 6. The summed E-state index contributed by atoms with van der Waals surface area (Å²) in [5.74, 6) is -1.58. The molecule has 3 aromatic carbocycles. The number of ether oxygens (including phenoxy) is 1. The lowest BCUT2D eigenvalue weighted by molar-refractivity contribution is -0.116. The zero-order valence-corrected chi connectivity index (χ0v) is 16.9. The lowest BCUT2D eigenvalue weighted by Crippen LogP contribution is -2.41. The van der Waals surface area contributed by atoms with E-state index in [9.17, 15) is 19.2 Å². The van der Waals surface area contributed by atoms with Gasteiger partial charge in [-0.3, -0.25) is 19.3 Å². The predicted octanol–water partition coefficient (Wildman–Crippen LogP) is 3.64. The number of para-hydroxylation sites is 1. The highest BCUT2D eigenvalue weighted by Crippen LogP contribution is 2.30. The molecule has 1 aliphatic heterocycles. The molecule has 3 amide bonds. The quantitative estimate of drug-likeness (QED) is 0.489. The topological polar surface area (TPSA) is 92.8 Å². The van der Waals surface area contributed by atoms with Crippen molar-refractivity contribution in [1.82, 2.24) is 4.90 Å². The number of nitrogens with one attached hydrogen (secondary N) is 1. The Kier molecular flexibility index (Phi) is 5.49. The van der Waals surface area contributed by atoms with Gasteiger partial charge in [0.2, 0.25) is 5.91 Å². The molecular weight excluding hydrogens is 396 g/mol. The van der Waals surface area contributed by atoms with Gasteiger partial charge >= 0.3 is 5.97 Å². The number of nitrogens with zero attached hydrogens (tertiary/aromatic N) is 1. The fourth-order valence-electron chi connectivity index (χ4n) is 3.77. The van der Waals surface area contributed by atoms with Crippen LogP contribution >= 0.6 is 0 Å². The third-order valence-electron chi connectivity index (χ3n) is 5.25. The number of imide groups is 1. The SMILES string of the molecule is COC(=O)c1ccccc1NC(=O)CCCN1C(=O)c2cccc3cccc(c23)C1=O. The zero-order chi connectivity index (χ0) is 22.0. The van der Waals surface area contributed by atoms with Gasteiger partial charge < -0.3 is 10.1 Å². The highest BCUT2D eigenvalue weighted by Gasteiger charge is 2.32. The number of carbonyl (C=O) groups is 4. The van der Waals surface area contributed by atoms with E-state index < -0.39 is 5.97 Å². The van der Waals surface area contributed by atoms with Gasteiger partial charge in [-0.05, 0) is 36.1 Å². The van der Waals surface area contributed by atoms with E-state index in [0.29, 0.717) is 28.6 Å². The molecule has 3 aromatic rings. The largest absolute Gasteiger partial charge is 0.465 e. The average molecular weight is 416 g/mol. The monoisotopic (exact) mass is 416 g/mol. The van der Waals surface area contributed by atoms with Gasteiger partial charge in [0.1, 0.15) is 0 Å². The third-order valence-corrected chi connectivity index (χ3v) is 5.25. The second-order valence-corrected chi connectivity index (χ2v) is 7.16. The van der Waals surface area contributed by atoms with E-state index >= 15 is 0 Å². The summed E-state index contributed by atoms with van der Waals surface area (Å²) < 4.78 is 4.72. The van der Waals surface area contributed by atoms with E-state index in [4.69, 9.17) is 4.74 Å². The van der Waals surface area contributed by atoms with E-state index in [1.54, 1.807) is 48.5 Å². The fraction of sp³-hybridized carbons (Fsp3) is 0.167. The van der Waals surface area contributed by atoms with Crippen molar-refractivity contribution in [2.24, 2.45) is 0 Å². The van der Waals surface area contributed by atoms with Gasteiger partial charge in [-0.25, -0.2) is 4.79 Å². The number of hydrogen-bond donors (Lipinski definition) is 1. The summed E-state index contributed by atoms with van der Waals surface area (Å²) in [5, 5.41) is 4.21. The minimum Gasteiger partial charge on any atom is -0.465 e. The summed E-state index contributed by atoms with van der Waals surface area (Å²) in [4.78, 5) is 51.2. The molecule has 0 saturated heterocycles. The molecule has 1 N–H and O–H groups in total. The first-order chi connectivity index (χ1) is 15.0. The lowest BCUT2D eigenvalue weighted by Gasteiger charge is -2.27. The van der Waals surface area contributed by atoms with Crippen LogP contribution in [0.3, 0.4) is 0 Å². The Morgan fingerprint density at radius 2 is 1.55 bits per heavy atom. The van der Waals surface area contributed by atoms with Crippen LogP contribution in [0, 0.1) is 0 Å². The third kappa shape index (κ3) is 3.77. The Bertz CT molecular complexity index is 1170. The maximum absolute atomic E-state index is 12.9. The standard InChI is InChI=1S/C24H20N2O5/c1-31-24(30)16-9-2-3-12-19(16)25-20(27)13-6-14-26-22(28)17-10-4-7-15-8-5-11-18(21(15)17)23(26)29/h2-5,7-12H,6,13-14H2,1H3,(H,25,27). The van der Waals surface area contributed by atoms with Crippen molar-refractivity contribution in [2.75, 3.05) is 19.0 Å². The second kappa shape index (κ2) is 8.39. The number of methoxy groups -OCH3 is 1. The van der Waals surface area contributed by atoms with E-state index in [0.717, 1.165) is 5.39 Å². The first kappa shape index (κ1) is 20.3. The number of amides is 3. The van der Waals surface area contributed by atoms with Crippen molar-refractivity contribution in [3.8, 4) is 0 Å². The summed E-state index contributed by atoms with van der Waals surface area (Å²) in [6.45, 7) is 0.120. The zero-order valence-electron chi connectivity index (χ0n) is 16.9. The molecule has 7 nitrogen and oxygen atoms in total. The van der Waals surface area contributed by atoms with Crippen molar-refractivity contribution in [3.63, 3.8) is 0 Å². The van der Waals surface area contributed by atoms with Crippen LogP contribution in [-0.4, -0.2) is 42.2 Å². The molecule has 7 heteroatoms. The molecule has 1 heterocycles. The summed E-state index contributed by atoms with van der Waals surface area (Å²) in [6, 6.07) is 17.3.